The van der Waals surface area contributed by atoms with Crippen LogP contribution in [0, 0.1) is 0 Å². The number of carbonyl (C=O) groups is 1. The zero-order valence-corrected chi connectivity index (χ0v) is 25.1. The maximum atomic E-state index is 11.0. The Morgan fingerprint density at radius 3 is 1.15 bits per heavy atom. The molecule has 1 aliphatic rings. The van der Waals surface area contributed by atoms with Crippen LogP contribution in [0.4, 0.5) is 57.5 Å². The molecule has 5 nitrogen and oxygen atoms in total. The number of carboxylic acids is 1. The van der Waals surface area contributed by atoms with Gasteiger partial charge < -0.3 is 66.7 Å². The first-order valence-electron chi connectivity index (χ1n) is 10.6. The Hall–Kier alpha value is -1.80. The van der Waals surface area contributed by atoms with E-state index < -0.39 is 27.7 Å². The standard InChI is InChI=1S/C18H27N3O2.3BF4.Bi/c1-17(2,3)20-11-12-21(18(4,5)6)16(20)19-14-9-7-13(8-10-14)15(22)23;3*2-1(3,4)5;/h7-10H,11-12H2,1-6H3,(H,22,23);;;;/q;3*-1;+3. The largest absolute Gasteiger partial charge is 3.00 e. The van der Waals surface area contributed by atoms with Crippen molar-refractivity contribution < 1.29 is 61.7 Å². The van der Waals surface area contributed by atoms with Crippen molar-refractivity contribution in [3.8, 4) is 0 Å². The molecule has 21 heteroatoms. The second kappa shape index (κ2) is 15.8. The van der Waals surface area contributed by atoms with E-state index in [-0.39, 0.29) is 42.8 Å². The van der Waals surface area contributed by atoms with Gasteiger partial charge in [0.05, 0.1) is 11.3 Å². The number of guanidine groups is 1. The van der Waals surface area contributed by atoms with Crippen molar-refractivity contribution in [1.29, 1.82) is 0 Å². The molecular formula is C18H27B3BiF12N3O2. The number of hydrogen-bond acceptors (Lipinski definition) is 2. The van der Waals surface area contributed by atoms with E-state index in [9.17, 15) is 56.6 Å². The first kappa shape index (κ1) is 41.7. The van der Waals surface area contributed by atoms with Gasteiger partial charge in [-0.05, 0) is 65.8 Å². The fourth-order valence-corrected chi connectivity index (χ4v) is 2.73. The fraction of sp³-hybridized carbons (Fsp3) is 0.556. The zero-order valence-electron chi connectivity index (χ0n) is 21.6. The molecule has 1 aromatic rings. The van der Waals surface area contributed by atoms with Crippen molar-refractivity contribution in [2.75, 3.05) is 13.1 Å². The molecule has 0 bridgehead atoms. The molecule has 1 fully saturated rings. The van der Waals surface area contributed by atoms with Gasteiger partial charge in [0.1, 0.15) is 0 Å². The predicted octanol–water partition coefficient (Wildman–Crippen LogP) is 7.11. The van der Waals surface area contributed by atoms with E-state index in [1.807, 2.05) is 0 Å². The Kier molecular flexibility index (Phi) is 16.9. The number of carboxylic acid groups (broad SMARTS) is 1. The number of halogens is 12. The zero-order chi connectivity index (χ0) is 30.9. The van der Waals surface area contributed by atoms with Gasteiger partial charge in [-0.2, -0.15) is 0 Å². The van der Waals surface area contributed by atoms with Gasteiger partial charge in [-0.3, -0.25) is 0 Å². The van der Waals surface area contributed by atoms with Crippen LogP contribution in [0.1, 0.15) is 51.9 Å². The molecule has 1 aromatic carbocycles. The Morgan fingerprint density at radius 1 is 0.692 bits per heavy atom. The smallest absolute Gasteiger partial charge is 0.478 e. The Morgan fingerprint density at radius 2 is 0.949 bits per heavy atom. The summed E-state index contributed by atoms with van der Waals surface area (Å²) in [6.45, 7) is 15.0. The van der Waals surface area contributed by atoms with Crippen molar-refractivity contribution in [3.63, 3.8) is 0 Å². The average Bonchev–Trinajstić information content (AvgIpc) is 3.02. The van der Waals surface area contributed by atoms with Crippen LogP contribution in [0.15, 0.2) is 29.3 Å². The first-order valence-corrected chi connectivity index (χ1v) is 10.6. The van der Waals surface area contributed by atoms with Crippen LogP contribution >= 0.6 is 0 Å². The van der Waals surface area contributed by atoms with Gasteiger partial charge in [0, 0.05) is 24.2 Å². The first-order chi connectivity index (χ1) is 16.5. The number of hydrogen-bond donors (Lipinski definition) is 1. The van der Waals surface area contributed by atoms with Crippen molar-refractivity contribution >= 4 is 65.6 Å². The normalized spacial score (nSPS) is 14.1. The Bertz CT molecular complexity index is 830. The molecule has 1 heterocycles. The van der Waals surface area contributed by atoms with Crippen LogP contribution in [0.3, 0.4) is 0 Å². The number of benzene rings is 1. The molecule has 39 heavy (non-hydrogen) atoms. The SMILES string of the molecule is CC(C)(C)N1CCN(C(C)(C)C)C1=Nc1ccc(C(=O)O)cc1.F[B-](F)(F)F.F[B-](F)(F)F.F[B-](F)(F)F.[Bi+3]. The maximum absolute atomic E-state index is 11.0. The molecule has 0 atom stereocenters. The summed E-state index contributed by atoms with van der Waals surface area (Å²) in [7, 11) is -18.0. The van der Waals surface area contributed by atoms with Crippen LogP contribution in [-0.2, 0) is 0 Å². The van der Waals surface area contributed by atoms with E-state index in [2.05, 4.69) is 51.3 Å². The molecule has 2 radical (unpaired) electrons. The fourth-order valence-electron chi connectivity index (χ4n) is 2.73. The van der Waals surface area contributed by atoms with Gasteiger partial charge in [-0.1, -0.05) is 0 Å². The second-order valence-corrected chi connectivity index (χ2v) is 9.39. The number of rotatable bonds is 2. The monoisotopic (exact) mass is 787 g/mol. The molecule has 0 aromatic heterocycles. The van der Waals surface area contributed by atoms with Crippen LogP contribution in [0.2, 0.25) is 0 Å². The third-order valence-corrected chi connectivity index (χ3v) is 3.99. The molecule has 0 amide bonds. The summed E-state index contributed by atoms with van der Waals surface area (Å²) >= 11 is 0. The third-order valence-electron chi connectivity index (χ3n) is 3.99. The van der Waals surface area contributed by atoms with Crippen LogP contribution in [-0.4, -0.2) is 99.0 Å². The minimum Gasteiger partial charge on any atom is -0.478 e. The Balaban J connectivity index is -0.000000667. The molecule has 0 spiro atoms. The molecule has 1 saturated heterocycles. The maximum Gasteiger partial charge on any atom is 3.00 e. The van der Waals surface area contributed by atoms with Gasteiger partial charge >= 0.3 is 53.9 Å². The van der Waals surface area contributed by atoms with Crippen molar-refractivity contribution in [1.82, 2.24) is 9.80 Å². The van der Waals surface area contributed by atoms with Crippen molar-refractivity contribution in [2.45, 2.75) is 52.6 Å². The van der Waals surface area contributed by atoms with Crippen molar-refractivity contribution in [2.24, 2.45) is 4.99 Å². The summed E-state index contributed by atoms with van der Waals surface area (Å²) in [6, 6.07) is 6.71. The summed E-state index contributed by atoms with van der Waals surface area (Å²) in [4.78, 5) is 20.4. The van der Waals surface area contributed by atoms with Crippen LogP contribution < -0.4 is 0 Å². The minimum absolute atomic E-state index is 0. The topological polar surface area (TPSA) is 56.1 Å². The number of aromatic carboxylic acids is 1. The van der Waals surface area contributed by atoms with E-state index in [0.717, 1.165) is 24.7 Å². The molecule has 224 valence electrons. The van der Waals surface area contributed by atoms with Gasteiger partial charge in [-0.15, -0.1) is 0 Å². The molecule has 0 aliphatic carbocycles. The Labute approximate surface area is 237 Å². The van der Waals surface area contributed by atoms with E-state index in [0.29, 0.717) is 0 Å². The molecule has 1 aliphatic heterocycles. The van der Waals surface area contributed by atoms with Crippen molar-refractivity contribution in [3.05, 3.63) is 29.8 Å². The van der Waals surface area contributed by atoms with E-state index >= 15 is 0 Å². The molecular weight excluding hydrogens is 760 g/mol. The van der Waals surface area contributed by atoms with Gasteiger partial charge in [0.25, 0.3) is 0 Å². The molecule has 0 saturated carbocycles. The van der Waals surface area contributed by atoms with E-state index in [1.165, 1.54) is 0 Å². The van der Waals surface area contributed by atoms with Gasteiger partial charge in [0.2, 0.25) is 5.96 Å². The molecule has 2 rings (SSSR count). The minimum atomic E-state index is -6.00. The second-order valence-electron chi connectivity index (χ2n) is 9.39. The predicted molar refractivity (Wildman–Crippen MR) is 130 cm³/mol. The third kappa shape index (κ3) is 24.9. The molecule has 0 unspecified atom stereocenters. The molecule has 1 N–H and O–H groups in total. The number of nitrogens with zero attached hydrogens (tertiary/aromatic N) is 3. The van der Waals surface area contributed by atoms with Gasteiger partial charge in [-0.25, -0.2) is 9.79 Å². The average molecular weight is 787 g/mol. The van der Waals surface area contributed by atoms with Crippen LogP contribution in [0.5, 0.6) is 0 Å². The number of aliphatic imine (C=N–C) groups is 1. The van der Waals surface area contributed by atoms with E-state index in [4.69, 9.17) is 10.1 Å². The summed E-state index contributed by atoms with van der Waals surface area (Å²) in [6.07, 6.45) is 0. The quantitative estimate of drug-likeness (QED) is 0.257. The summed E-state index contributed by atoms with van der Waals surface area (Å²) in [5.74, 6) is 0.0331. The van der Waals surface area contributed by atoms with Crippen LogP contribution in [0.25, 0.3) is 0 Å². The van der Waals surface area contributed by atoms with Gasteiger partial charge in [0.15, 0.2) is 0 Å². The summed E-state index contributed by atoms with van der Waals surface area (Å²) < 4.78 is 117. The van der Waals surface area contributed by atoms with E-state index in [1.54, 1.807) is 24.3 Å². The summed E-state index contributed by atoms with van der Waals surface area (Å²) in [5, 5.41) is 9.01. The summed E-state index contributed by atoms with van der Waals surface area (Å²) in [5.41, 5.74) is 1.02.